The number of hydrogen-bond acceptors (Lipinski definition) is 10. The van der Waals surface area contributed by atoms with Crippen LogP contribution in [0.3, 0.4) is 0 Å². The Morgan fingerprint density at radius 3 is 2.49 bits per heavy atom. The first kappa shape index (κ1) is 30.6. The number of carbonyl (C=O) groups excluding carboxylic acids is 2. The lowest BCUT2D eigenvalue weighted by Crippen LogP contribution is -2.43. The van der Waals surface area contributed by atoms with Crippen LogP contribution in [0.2, 0.25) is 0 Å². The van der Waals surface area contributed by atoms with E-state index in [4.69, 9.17) is 21.0 Å². The predicted octanol–water partition coefficient (Wildman–Crippen LogP) is 0.173. The summed E-state index contributed by atoms with van der Waals surface area (Å²) in [6.45, 7) is 3.51. The Morgan fingerprint density at radius 1 is 1.28 bits per heavy atom. The van der Waals surface area contributed by atoms with Gasteiger partial charge < -0.3 is 25.1 Å². The van der Waals surface area contributed by atoms with Gasteiger partial charge in [0.05, 0.1) is 40.6 Å². The quantitative estimate of drug-likeness (QED) is 0.114. The molecule has 0 spiro atoms. The van der Waals surface area contributed by atoms with Crippen molar-refractivity contribution in [3.63, 3.8) is 0 Å². The lowest BCUT2D eigenvalue weighted by atomic mass is 9.81. The number of esters is 1. The van der Waals surface area contributed by atoms with E-state index < -0.39 is 28.9 Å². The lowest BCUT2D eigenvalue weighted by Gasteiger charge is -2.29. The Kier molecular flexibility index (Phi) is 11.2. The minimum absolute atomic E-state index is 0.122. The summed E-state index contributed by atoms with van der Waals surface area (Å²) in [6.07, 6.45) is -1.52. The molecule has 1 aliphatic rings. The van der Waals surface area contributed by atoms with E-state index >= 15 is 0 Å². The second-order valence-corrected chi connectivity index (χ2v) is 9.05. The van der Waals surface area contributed by atoms with Crippen molar-refractivity contribution in [1.29, 1.82) is 5.26 Å². The largest absolute Gasteiger partial charge is 0.547 e. The number of aliphatic hydroxyl groups is 1. The van der Waals surface area contributed by atoms with E-state index in [0.717, 1.165) is 11.8 Å². The topological polar surface area (TPSA) is 217 Å². The average Bonchev–Trinajstić information content (AvgIpc) is 2.91. The summed E-state index contributed by atoms with van der Waals surface area (Å²) in [4.78, 5) is 33.6. The van der Waals surface area contributed by atoms with Crippen LogP contribution in [0.4, 0.5) is 5.69 Å². The lowest BCUT2D eigenvalue weighted by molar-refractivity contribution is -0.384. The van der Waals surface area contributed by atoms with Crippen molar-refractivity contribution in [2.45, 2.75) is 25.9 Å². The van der Waals surface area contributed by atoms with Crippen molar-refractivity contribution in [1.82, 2.24) is 5.32 Å². The minimum atomic E-state index is -1.52. The number of ether oxygens (including phenoxy) is 1. The van der Waals surface area contributed by atoms with Gasteiger partial charge >= 0.3 is 5.97 Å². The maximum atomic E-state index is 12.8. The normalized spacial score (nSPS) is 15.2. The van der Waals surface area contributed by atoms with Gasteiger partial charge in [-0.25, -0.2) is 4.79 Å². The average molecular weight is 554 g/mol. The number of aliphatic hydroxyl groups excluding tert-OH is 1. The molecular formula is C26H27N5O7S. The first-order chi connectivity index (χ1) is 18.5. The van der Waals surface area contributed by atoms with Crippen LogP contribution >= 0.6 is 11.8 Å². The van der Waals surface area contributed by atoms with Gasteiger partial charge in [-0.1, -0.05) is 42.5 Å². The van der Waals surface area contributed by atoms with Crippen LogP contribution in [0, 0.1) is 21.4 Å². The fraction of sp³-hybridized carbons (Fsp3) is 0.231. The van der Waals surface area contributed by atoms with Crippen molar-refractivity contribution in [3.8, 4) is 6.07 Å². The molecule has 0 amide bonds. The zero-order chi connectivity index (χ0) is 29.1. The SMILES string of the molecule is CCOC(=O)C1=C(CSC(N)=[NH2+])NC(C)=C(C#N)C1c1cccc([N+](=O)[O-])c1.O=C([O-])C(O)c1ccccc1. The molecule has 6 N–H and O–H groups in total. The summed E-state index contributed by atoms with van der Waals surface area (Å²) >= 11 is 1.12. The maximum Gasteiger partial charge on any atom is 0.336 e. The van der Waals surface area contributed by atoms with Crippen LogP contribution < -0.4 is 21.6 Å². The van der Waals surface area contributed by atoms with Gasteiger partial charge in [-0.2, -0.15) is 5.26 Å². The fourth-order valence-corrected chi connectivity index (χ4v) is 4.23. The molecule has 204 valence electrons. The second kappa shape index (κ2) is 14.3. The first-order valence-corrected chi connectivity index (χ1v) is 12.5. The van der Waals surface area contributed by atoms with E-state index in [1.165, 1.54) is 30.3 Å². The number of benzene rings is 2. The Balaban J connectivity index is 0.000000404. The number of nitrogens with two attached hydrogens (primary N) is 2. The van der Waals surface area contributed by atoms with Crippen molar-refractivity contribution in [3.05, 3.63) is 98.4 Å². The van der Waals surface area contributed by atoms with Gasteiger partial charge in [0.2, 0.25) is 0 Å². The summed E-state index contributed by atoms with van der Waals surface area (Å²) in [5, 5.41) is 48.7. The third-order valence-corrected chi connectivity index (χ3v) is 6.16. The van der Waals surface area contributed by atoms with Crippen molar-refractivity contribution >= 4 is 34.6 Å². The molecule has 39 heavy (non-hydrogen) atoms. The number of hydrogen-bond donors (Lipinski definition) is 4. The first-order valence-electron chi connectivity index (χ1n) is 11.5. The molecular weight excluding hydrogens is 526 g/mol. The zero-order valence-corrected chi connectivity index (χ0v) is 21.9. The Hall–Kier alpha value is -4.67. The van der Waals surface area contributed by atoms with E-state index in [2.05, 4.69) is 11.4 Å². The number of allylic oxidation sites excluding steroid dienone is 2. The number of nitrogens with one attached hydrogen (secondary N) is 1. The molecule has 12 nitrogen and oxygen atoms in total. The Morgan fingerprint density at radius 2 is 1.95 bits per heavy atom. The molecule has 2 aromatic carbocycles. The molecule has 2 unspecified atom stereocenters. The number of aliphatic carboxylic acids is 1. The van der Waals surface area contributed by atoms with Crippen molar-refractivity contribution in [2.24, 2.45) is 5.73 Å². The van der Waals surface area contributed by atoms with Gasteiger partial charge in [-0.3, -0.25) is 21.3 Å². The number of carboxylic acid groups (broad SMARTS) is 1. The third-order valence-electron chi connectivity index (χ3n) is 5.40. The highest BCUT2D eigenvalue weighted by molar-refractivity contribution is 8.13. The maximum absolute atomic E-state index is 12.8. The zero-order valence-electron chi connectivity index (χ0n) is 21.1. The van der Waals surface area contributed by atoms with Crippen LogP contribution in [0.15, 0.2) is 77.1 Å². The molecule has 0 fully saturated rings. The molecule has 2 aromatic rings. The Labute approximate surface area is 228 Å². The van der Waals surface area contributed by atoms with Gasteiger partial charge in [-0.05, 0) is 36.7 Å². The molecule has 1 aliphatic heterocycles. The van der Waals surface area contributed by atoms with E-state index in [1.54, 1.807) is 38.1 Å². The third kappa shape index (κ3) is 8.16. The molecule has 13 heteroatoms. The van der Waals surface area contributed by atoms with Gasteiger partial charge in [0, 0.05) is 29.3 Å². The molecule has 2 atom stereocenters. The van der Waals surface area contributed by atoms with E-state index in [-0.39, 0.29) is 34.4 Å². The number of nitriles is 1. The number of nitro groups is 1. The number of nitro benzene ring substituents is 1. The molecule has 0 bridgehead atoms. The smallest absolute Gasteiger partial charge is 0.336 e. The fourth-order valence-electron chi connectivity index (χ4n) is 3.69. The number of rotatable bonds is 8. The number of thioether (sulfide) groups is 1. The number of nitrogens with zero attached hydrogens (tertiary/aromatic N) is 2. The highest BCUT2D eigenvalue weighted by atomic mass is 32.2. The summed E-state index contributed by atoms with van der Waals surface area (Å²) in [5.41, 5.74) is 7.70. The number of dihydropyridines is 1. The summed E-state index contributed by atoms with van der Waals surface area (Å²) in [6, 6.07) is 16.1. The molecule has 0 aromatic heterocycles. The van der Waals surface area contributed by atoms with Gasteiger partial charge in [0.15, 0.2) is 0 Å². The molecule has 3 rings (SSSR count). The molecule has 0 saturated carbocycles. The second-order valence-electron chi connectivity index (χ2n) is 8.00. The summed E-state index contributed by atoms with van der Waals surface area (Å²) < 4.78 is 5.19. The minimum Gasteiger partial charge on any atom is -0.547 e. The summed E-state index contributed by atoms with van der Waals surface area (Å²) in [5.74, 6) is -2.65. The highest BCUT2D eigenvalue weighted by Gasteiger charge is 2.36. The van der Waals surface area contributed by atoms with Crippen LogP contribution in [0.5, 0.6) is 0 Å². The number of carbonyl (C=O) groups is 2. The molecule has 0 aliphatic carbocycles. The number of carboxylic acids is 1. The monoisotopic (exact) mass is 553 g/mol. The van der Waals surface area contributed by atoms with E-state index in [9.17, 15) is 30.1 Å². The van der Waals surface area contributed by atoms with Gasteiger partial charge in [0.1, 0.15) is 6.10 Å². The van der Waals surface area contributed by atoms with Crippen LogP contribution in [-0.4, -0.2) is 39.5 Å². The molecule has 1 heterocycles. The number of amidine groups is 1. The van der Waals surface area contributed by atoms with E-state index in [1.807, 2.05) is 0 Å². The van der Waals surface area contributed by atoms with Crippen LogP contribution in [0.1, 0.15) is 37.0 Å². The Bertz CT molecular complexity index is 1350. The van der Waals surface area contributed by atoms with Gasteiger partial charge in [0.25, 0.3) is 10.9 Å². The van der Waals surface area contributed by atoms with Gasteiger partial charge in [-0.15, -0.1) is 0 Å². The van der Waals surface area contributed by atoms with Crippen molar-refractivity contribution < 1.29 is 34.9 Å². The van der Waals surface area contributed by atoms with Crippen LogP contribution in [0.25, 0.3) is 0 Å². The molecule has 0 saturated heterocycles. The van der Waals surface area contributed by atoms with E-state index in [0.29, 0.717) is 22.5 Å². The van der Waals surface area contributed by atoms with Crippen molar-refractivity contribution in [2.75, 3.05) is 12.4 Å². The highest BCUT2D eigenvalue weighted by Crippen LogP contribution is 2.39. The number of non-ortho nitro benzene ring substituents is 1. The standard InChI is InChI=1S/C18H19N5O4S.C8H8O3/c1-3-27-17(24)16-14(9-28-18(20)21)22-10(2)13(8-19)15(16)11-5-4-6-12(7-11)23(25)26;9-7(8(10)11)6-4-2-1-3-5-6/h4-7,15,22H,3,9H2,1-2H3,(H3,20,21);1-5,7,9H,(H,10,11). The summed E-state index contributed by atoms with van der Waals surface area (Å²) in [7, 11) is 0. The predicted molar refractivity (Wildman–Crippen MR) is 141 cm³/mol. The van der Waals surface area contributed by atoms with Crippen LogP contribution in [-0.2, 0) is 14.3 Å². The molecule has 0 radical (unpaired) electrons.